The maximum atomic E-state index is 12.6. The molecule has 32 heavy (non-hydrogen) atoms. The normalized spacial score (nSPS) is 15.3. The van der Waals surface area contributed by atoms with E-state index >= 15 is 0 Å². The van der Waals surface area contributed by atoms with Crippen molar-refractivity contribution in [2.45, 2.75) is 19.4 Å². The molecule has 2 aliphatic rings. The lowest BCUT2D eigenvalue weighted by Crippen LogP contribution is -2.40. The number of benzene rings is 2. The van der Waals surface area contributed by atoms with E-state index in [2.05, 4.69) is 5.32 Å². The third-order valence-corrected chi connectivity index (χ3v) is 6.15. The largest absolute Gasteiger partial charge is 0.490 e. The lowest BCUT2D eigenvalue weighted by molar-refractivity contribution is -0.119. The van der Waals surface area contributed by atoms with Crippen molar-refractivity contribution in [3.05, 3.63) is 42.0 Å². The van der Waals surface area contributed by atoms with Gasteiger partial charge >= 0.3 is 0 Å². The van der Waals surface area contributed by atoms with Crippen LogP contribution in [0.1, 0.15) is 18.4 Å². The van der Waals surface area contributed by atoms with Gasteiger partial charge in [0.1, 0.15) is 6.54 Å². The lowest BCUT2D eigenvalue weighted by atomic mass is 10.2. The fourth-order valence-corrected chi connectivity index (χ4v) is 4.26. The van der Waals surface area contributed by atoms with Crippen LogP contribution in [0, 0.1) is 0 Å². The van der Waals surface area contributed by atoms with E-state index in [0.717, 1.165) is 29.0 Å². The van der Waals surface area contributed by atoms with Gasteiger partial charge in [-0.2, -0.15) is 0 Å². The van der Waals surface area contributed by atoms with Crippen LogP contribution >= 0.6 is 0 Å². The minimum Gasteiger partial charge on any atom is -0.490 e. The first-order valence-corrected chi connectivity index (χ1v) is 12.3. The molecule has 0 saturated heterocycles. The van der Waals surface area contributed by atoms with Crippen molar-refractivity contribution in [2.75, 3.05) is 43.5 Å². The fraction of sp³-hybridized carbons (Fsp3) is 0.409. The number of hydrogen-bond donors (Lipinski definition) is 1. The van der Waals surface area contributed by atoms with Crippen LogP contribution in [-0.2, 0) is 21.4 Å². The monoisotopic (exact) mass is 462 g/mol. The zero-order valence-electron chi connectivity index (χ0n) is 17.8. The van der Waals surface area contributed by atoms with E-state index < -0.39 is 15.9 Å². The van der Waals surface area contributed by atoms with Crippen molar-refractivity contribution in [1.82, 2.24) is 5.32 Å². The van der Waals surface area contributed by atoms with Gasteiger partial charge < -0.3 is 24.3 Å². The molecule has 172 valence electrons. The van der Waals surface area contributed by atoms with Gasteiger partial charge in [0, 0.05) is 25.5 Å². The van der Waals surface area contributed by atoms with E-state index in [9.17, 15) is 13.2 Å². The van der Waals surface area contributed by atoms with Crippen LogP contribution in [0.4, 0.5) is 5.69 Å². The number of nitrogens with one attached hydrogen (secondary N) is 1. The van der Waals surface area contributed by atoms with Crippen LogP contribution in [0.15, 0.2) is 36.4 Å². The number of rotatable bonds is 6. The van der Waals surface area contributed by atoms with Gasteiger partial charge in [0.05, 0.1) is 38.4 Å². The summed E-state index contributed by atoms with van der Waals surface area (Å²) < 4.78 is 48.4. The predicted octanol–water partition coefficient (Wildman–Crippen LogP) is 2.09. The molecule has 0 aliphatic carbocycles. The van der Waals surface area contributed by atoms with Gasteiger partial charge in [0.15, 0.2) is 23.0 Å². The Labute approximate surface area is 187 Å². The molecule has 0 saturated carbocycles. The lowest BCUT2D eigenvalue weighted by Gasteiger charge is -2.23. The van der Waals surface area contributed by atoms with E-state index in [1.165, 1.54) is 0 Å². The van der Waals surface area contributed by atoms with Gasteiger partial charge in [-0.3, -0.25) is 9.10 Å². The SMILES string of the molecule is CS(=O)(=O)N(CC(=O)NCc1ccc2c(c1)OCCCO2)c1ccc2c(c1)OCCCO2. The second-order valence-electron chi connectivity index (χ2n) is 7.56. The van der Waals surface area contributed by atoms with Crippen LogP contribution in [0.2, 0.25) is 0 Å². The first-order valence-electron chi connectivity index (χ1n) is 10.4. The molecule has 9 nitrogen and oxygen atoms in total. The van der Waals surface area contributed by atoms with Gasteiger partial charge in [-0.1, -0.05) is 6.07 Å². The Balaban J connectivity index is 1.44. The highest BCUT2D eigenvalue weighted by Crippen LogP contribution is 2.34. The van der Waals surface area contributed by atoms with Crippen molar-refractivity contribution >= 4 is 21.6 Å². The van der Waals surface area contributed by atoms with Crippen molar-refractivity contribution in [2.24, 2.45) is 0 Å². The Morgan fingerprint density at radius 1 is 0.875 bits per heavy atom. The molecule has 0 atom stereocenters. The minimum atomic E-state index is -3.71. The smallest absolute Gasteiger partial charge is 0.241 e. The summed E-state index contributed by atoms with van der Waals surface area (Å²) in [4.78, 5) is 12.6. The first kappa shape index (κ1) is 22.1. The molecule has 0 spiro atoms. The maximum Gasteiger partial charge on any atom is 0.241 e. The Hall–Kier alpha value is -3.14. The quantitative estimate of drug-likeness (QED) is 0.701. The molecule has 0 unspecified atom stereocenters. The van der Waals surface area contributed by atoms with Gasteiger partial charge in [-0.15, -0.1) is 0 Å². The zero-order valence-corrected chi connectivity index (χ0v) is 18.7. The number of hydrogen-bond acceptors (Lipinski definition) is 7. The molecule has 10 heteroatoms. The average molecular weight is 463 g/mol. The molecule has 2 heterocycles. The highest BCUT2D eigenvalue weighted by atomic mass is 32.2. The average Bonchev–Trinajstić information content (AvgIpc) is 3.14. The molecule has 0 bridgehead atoms. The van der Waals surface area contributed by atoms with E-state index in [1.54, 1.807) is 18.2 Å². The third-order valence-electron chi connectivity index (χ3n) is 5.01. The van der Waals surface area contributed by atoms with Crippen LogP contribution in [0.5, 0.6) is 23.0 Å². The molecule has 0 aromatic heterocycles. The topological polar surface area (TPSA) is 103 Å². The number of fused-ring (bicyclic) bond motifs is 2. The highest BCUT2D eigenvalue weighted by molar-refractivity contribution is 7.92. The number of carbonyl (C=O) groups is 1. The summed E-state index contributed by atoms with van der Waals surface area (Å²) in [5, 5.41) is 2.77. The van der Waals surface area contributed by atoms with Gasteiger partial charge in [0.25, 0.3) is 0 Å². The third kappa shape index (κ3) is 5.37. The number of ether oxygens (including phenoxy) is 4. The molecular weight excluding hydrogens is 436 g/mol. The summed E-state index contributed by atoms with van der Waals surface area (Å²) in [6.45, 7) is 2.05. The van der Waals surface area contributed by atoms with E-state index in [4.69, 9.17) is 18.9 Å². The van der Waals surface area contributed by atoms with E-state index in [1.807, 2.05) is 18.2 Å². The number of nitrogens with zero attached hydrogens (tertiary/aromatic N) is 1. The predicted molar refractivity (Wildman–Crippen MR) is 118 cm³/mol. The standard InChI is InChI=1S/C22H26N2O7S/c1-32(26,27)24(17-5-7-19-21(13-17)31-11-3-9-29-19)15-22(25)23-14-16-4-6-18-20(12-16)30-10-2-8-28-18/h4-7,12-13H,2-3,8-11,14-15H2,1H3,(H,23,25). The first-order chi connectivity index (χ1) is 15.4. The Morgan fingerprint density at radius 2 is 1.44 bits per heavy atom. The maximum absolute atomic E-state index is 12.6. The summed E-state index contributed by atoms with van der Waals surface area (Å²) >= 11 is 0. The second-order valence-corrected chi connectivity index (χ2v) is 9.47. The summed E-state index contributed by atoms with van der Waals surface area (Å²) in [6.07, 6.45) is 2.61. The minimum absolute atomic E-state index is 0.230. The zero-order chi connectivity index (χ0) is 22.6. The molecule has 0 radical (unpaired) electrons. The second kappa shape index (κ2) is 9.56. The van der Waals surface area contributed by atoms with Gasteiger partial charge in [-0.05, 0) is 29.8 Å². The van der Waals surface area contributed by atoms with Gasteiger partial charge in [0.2, 0.25) is 15.9 Å². The summed E-state index contributed by atoms with van der Waals surface area (Å²) in [6, 6.07) is 10.3. The van der Waals surface area contributed by atoms with Crippen molar-refractivity contribution in [1.29, 1.82) is 0 Å². The molecule has 4 rings (SSSR count). The van der Waals surface area contributed by atoms with Crippen LogP contribution in [-0.4, -0.2) is 53.6 Å². The van der Waals surface area contributed by atoms with Gasteiger partial charge in [-0.25, -0.2) is 8.42 Å². The number of sulfonamides is 1. The fourth-order valence-electron chi connectivity index (χ4n) is 3.41. The molecule has 2 aliphatic heterocycles. The highest BCUT2D eigenvalue weighted by Gasteiger charge is 2.23. The summed E-state index contributed by atoms with van der Waals surface area (Å²) in [5.74, 6) is 1.89. The molecule has 2 aromatic carbocycles. The number of amides is 1. The van der Waals surface area contributed by atoms with Crippen molar-refractivity contribution < 1.29 is 32.2 Å². The Kier molecular flexibility index (Phi) is 6.59. The van der Waals surface area contributed by atoms with Crippen molar-refractivity contribution in [3.63, 3.8) is 0 Å². The molecule has 1 amide bonds. The van der Waals surface area contributed by atoms with Crippen LogP contribution in [0.3, 0.4) is 0 Å². The van der Waals surface area contributed by atoms with Crippen LogP contribution in [0.25, 0.3) is 0 Å². The Bertz CT molecular complexity index is 1090. The summed E-state index contributed by atoms with van der Waals surface area (Å²) in [5.41, 5.74) is 1.16. The van der Waals surface area contributed by atoms with E-state index in [-0.39, 0.29) is 13.1 Å². The van der Waals surface area contributed by atoms with E-state index in [0.29, 0.717) is 55.1 Å². The molecular formula is C22H26N2O7S. The molecule has 0 fully saturated rings. The van der Waals surface area contributed by atoms with Crippen LogP contribution < -0.4 is 28.6 Å². The molecule has 1 N–H and O–H groups in total. The number of anilines is 1. The number of carbonyl (C=O) groups excluding carboxylic acids is 1. The summed E-state index contributed by atoms with van der Waals surface area (Å²) in [7, 11) is -3.71. The van der Waals surface area contributed by atoms with Crippen molar-refractivity contribution in [3.8, 4) is 23.0 Å². The molecule has 2 aromatic rings. The Morgan fingerprint density at radius 3 is 2.06 bits per heavy atom.